The first-order chi connectivity index (χ1) is 29.8. The number of carbonyl (C=O) groups excluding carboxylic acids is 1. The average molecular weight is 859 g/mol. The summed E-state index contributed by atoms with van der Waals surface area (Å²) in [6.07, 6.45) is 5.85. The van der Waals surface area contributed by atoms with Crippen LogP contribution in [0.3, 0.4) is 0 Å². The van der Waals surface area contributed by atoms with E-state index in [0.29, 0.717) is 69.4 Å². The van der Waals surface area contributed by atoms with E-state index in [0.717, 1.165) is 56.6 Å². The van der Waals surface area contributed by atoms with E-state index in [9.17, 15) is 4.79 Å². The lowest BCUT2D eigenvalue weighted by atomic mass is 9.99. The lowest BCUT2D eigenvalue weighted by molar-refractivity contribution is -0.118. The Morgan fingerprint density at radius 3 is 2.34 bits per heavy atom. The van der Waals surface area contributed by atoms with Gasteiger partial charge in [-0.15, -0.1) is 21.5 Å². The second kappa shape index (κ2) is 20.1. The van der Waals surface area contributed by atoms with Gasteiger partial charge in [0.1, 0.15) is 40.8 Å². The first-order valence-electron chi connectivity index (χ1n) is 21.0. The number of nitrogens with zero attached hydrogens (tertiary/aromatic N) is 5. The van der Waals surface area contributed by atoms with Crippen molar-refractivity contribution in [2.75, 3.05) is 58.1 Å². The van der Waals surface area contributed by atoms with Gasteiger partial charge in [0.15, 0.2) is 5.82 Å². The van der Waals surface area contributed by atoms with Crippen molar-refractivity contribution in [1.29, 1.82) is 0 Å². The Kier molecular flexibility index (Phi) is 14.0. The molecule has 4 heterocycles. The summed E-state index contributed by atoms with van der Waals surface area (Å²) in [7, 11) is 0. The summed E-state index contributed by atoms with van der Waals surface area (Å²) in [6, 6.07) is 25.7. The third kappa shape index (κ3) is 10.3. The quantitative estimate of drug-likeness (QED) is 0.0750. The summed E-state index contributed by atoms with van der Waals surface area (Å²) >= 11 is 7.95. The van der Waals surface area contributed by atoms with Crippen molar-refractivity contribution in [3.63, 3.8) is 0 Å². The Bertz CT molecular complexity index is 2480. The molecule has 0 spiro atoms. The number of Topliss-reactive ketones (excluding diaryl/α,β-unsaturated/α-hetero) is 1. The standard InChI is InChI=1S/C48H51ClN6O5S/c1-31-32(2)61-48-44(31)45(36-13-15-39(49)16-14-36)52-43(47-54-53-33(3)55(47)48)30-40(56)28-34-9-17-41(18-10-34)60-27-26-59-25-24-58-23-22-57-21-20-51-46-42(8-5-19-50-46)38-12-11-35-6-4-7-37(35)29-38/h5,8-19,29,43H,4,6-7,20-28,30H2,1-3H3,(H,50,51)/t43-/m0/s1. The van der Waals surface area contributed by atoms with Crippen LogP contribution < -0.4 is 10.1 Å². The molecule has 13 heteroatoms. The molecule has 0 radical (unpaired) electrons. The van der Waals surface area contributed by atoms with Gasteiger partial charge in [0.05, 0.1) is 45.4 Å². The van der Waals surface area contributed by atoms with Crippen molar-refractivity contribution in [2.24, 2.45) is 4.99 Å². The minimum absolute atomic E-state index is 0.0580. The lowest BCUT2D eigenvalue weighted by Gasteiger charge is -2.13. The summed E-state index contributed by atoms with van der Waals surface area (Å²) in [4.78, 5) is 24.6. The predicted molar refractivity (Wildman–Crippen MR) is 241 cm³/mol. The number of halogens is 1. The Hall–Kier alpha value is -5.24. The van der Waals surface area contributed by atoms with Gasteiger partial charge in [0, 0.05) is 52.2 Å². The third-order valence-corrected chi connectivity index (χ3v) is 12.5. The van der Waals surface area contributed by atoms with E-state index in [1.165, 1.54) is 34.4 Å². The average Bonchev–Trinajstić information content (AvgIpc) is 3.96. The molecule has 0 bridgehead atoms. The zero-order chi connectivity index (χ0) is 42.1. The van der Waals surface area contributed by atoms with Gasteiger partial charge < -0.3 is 24.3 Å². The van der Waals surface area contributed by atoms with Crippen molar-refractivity contribution < 1.29 is 23.7 Å². The second-order valence-corrected chi connectivity index (χ2v) is 17.0. The Balaban J connectivity index is 0.724. The van der Waals surface area contributed by atoms with E-state index >= 15 is 0 Å². The predicted octanol–water partition coefficient (Wildman–Crippen LogP) is 9.09. The monoisotopic (exact) mass is 858 g/mol. The molecule has 1 N–H and O–H groups in total. The summed E-state index contributed by atoms with van der Waals surface area (Å²) < 4.78 is 25.1. The minimum Gasteiger partial charge on any atom is -0.491 e. The third-order valence-electron chi connectivity index (χ3n) is 11.1. The maximum atomic E-state index is 13.6. The Morgan fingerprint density at radius 2 is 1.56 bits per heavy atom. The molecule has 0 unspecified atom stereocenters. The maximum absolute atomic E-state index is 13.6. The number of fused-ring (bicyclic) bond motifs is 4. The molecule has 3 aromatic heterocycles. The van der Waals surface area contributed by atoms with Gasteiger partial charge in [-0.3, -0.25) is 14.4 Å². The largest absolute Gasteiger partial charge is 0.491 e. The van der Waals surface area contributed by atoms with Gasteiger partial charge in [0.25, 0.3) is 0 Å². The van der Waals surface area contributed by atoms with Crippen LogP contribution in [0.1, 0.15) is 68.8 Å². The molecule has 2 aliphatic rings. The molecule has 0 fully saturated rings. The van der Waals surface area contributed by atoms with Gasteiger partial charge in [0.2, 0.25) is 0 Å². The number of aromatic nitrogens is 4. The zero-order valence-corrected chi connectivity index (χ0v) is 36.5. The molecular formula is C48H51ClN6O5S. The molecule has 316 valence electrons. The lowest BCUT2D eigenvalue weighted by Crippen LogP contribution is -2.15. The zero-order valence-electron chi connectivity index (χ0n) is 34.9. The second-order valence-electron chi connectivity index (χ2n) is 15.3. The fraction of sp³-hybridized carbons (Fsp3) is 0.354. The number of ether oxygens (including phenoxy) is 4. The van der Waals surface area contributed by atoms with E-state index in [2.05, 4.69) is 63.2 Å². The molecule has 8 rings (SSSR count). The van der Waals surface area contributed by atoms with Crippen LogP contribution in [-0.4, -0.2) is 84.0 Å². The van der Waals surface area contributed by atoms with Crippen LogP contribution in [0.25, 0.3) is 16.1 Å². The van der Waals surface area contributed by atoms with Crippen LogP contribution >= 0.6 is 22.9 Å². The molecule has 11 nitrogen and oxygen atoms in total. The molecular weight excluding hydrogens is 808 g/mol. The van der Waals surface area contributed by atoms with Crippen LogP contribution in [0.2, 0.25) is 5.02 Å². The summed E-state index contributed by atoms with van der Waals surface area (Å²) in [5.74, 6) is 3.08. The Labute approximate surface area is 366 Å². The molecule has 1 atom stereocenters. The molecule has 0 saturated carbocycles. The highest BCUT2D eigenvalue weighted by molar-refractivity contribution is 7.15. The summed E-state index contributed by atoms with van der Waals surface area (Å²) in [5.41, 5.74) is 10.1. The number of rotatable bonds is 20. The van der Waals surface area contributed by atoms with E-state index in [4.69, 9.17) is 35.5 Å². The number of aryl methyl sites for hydroxylation is 4. The van der Waals surface area contributed by atoms with Crippen molar-refractivity contribution >= 4 is 40.3 Å². The van der Waals surface area contributed by atoms with Crippen molar-refractivity contribution in [3.8, 4) is 21.9 Å². The number of hydrogen-bond acceptors (Lipinski definition) is 11. The fourth-order valence-corrected chi connectivity index (χ4v) is 9.21. The van der Waals surface area contributed by atoms with E-state index in [-0.39, 0.29) is 18.6 Å². The number of nitrogens with one attached hydrogen (secondary N) is 1. The van der Waals surface area contributed by atoms with Crippen LogP contribution in [0, 0.1) is 20.8 Å². The van der Waals surface area contributed by atoms with E-state index in [1.54, 1.807) is 11.3 Å². The van der Waals surface area contributed by atoms with Crippen LogP contribution in [0.4, 0.5) is 5.82 Å². The smallest absolute Gasteiger partial charge is 0.163 e. The highest BCUT2D eigenvalue weighted by Crippen LogP contribution is 2.40. The normalized spacial score (nSPS) is 14.2. The first-order valence-corrected chi connectivity index (χ1v) is 22.2. The number of ketones is 1. The van der Waals surface area contributed by atoms with Gasteiger partial charge in [-0.05, 0) is 104 Å². The van der Waals surface area contributed by atoms with Gasteiger partial charge in [-0.1, -0.05) is 54.1 Å². The number of thiophene rings is 1. The first kappa shape index (κ1) is 42.5. The molecule has 61 heavy (non-hydrogen) atoms. The maximum Gasteiger partial charge on any atom is 0.163 e. The van der Waals surface area contributed by atoms with Gasteiger partial charge >= 0.3 is 0 Å². The number of carbonyl (C=O) groups is 1. The topological polar surface area (TPSA) is 122 Å². The van der Waals surface area contributed by atoms with Crippen LogP contribution in [0.15, 0.2) is 90.1 Å². The van der Waals surface area contributed by atoms with Crippen molar-refractivity contribution in [1.82, 2.24) is 19.7 Å². The van der Waals surface area contributed by atoms with Crippen LogP contribution in [0.5, 0.6) is 5.75 Å². The number of hydrogen-bond donors (Lipinski definition) is 1. The molecule has 0 amide bonds. The number of benzene rings is 3. The molecule has 1 aliphatic carbocycles. The minimum atomic E-state index is -0.499. The van der Waals surface area contributed by atoms with Crippen molar-refractivity contribution in [3.05, 3.63) is 140 Å². The van der Waals surface area contributed by atoms with Gasteiger partial charge in [-0.2, -0.15) is 0 Å². The molecule has 3 aromatic carbocycles. The summed E-state index contributed by atoms with van der Waals surface area (Å²) in [6.45, 7) is 10.2. The van der Waals surface area contributed by atoms with E-state index in [1.807, 2.05) is 67.7 Å². The fourth-order valence-electron chi connectivity index (χ4n) is 7.87. The highest BCUT2D eigenvalue weighted by Gasteiger charge is 2.32. The van der Waals surface area contributed by atoms with Crippen molar-refractivity contribution in [2.45, 2.75) is 58.9 Å². The molecule has 0 saturated heterocycles. The molecule has 6 aromatic rings. The Morgan fingerprint density at radius 1 is 0.836 bits per heavy atom. The SMILES string of the molecule is Cc1sc2c(c1C)C(c1ccc(Cl)cc1)=N[C@@H](CC(=O)Cc1ccc(OCCOCCOCCOCCNc3ncccc3-c3ccc4c(c3)CCC4)cc1)c1nnc(C)n1-2. The van der Waals surface area contributed by atoms with E-state index < -0.39 is 6.04 Å². The van der Waals surface area contributed by atoms with Gasteiger partial charge in [-0.25, -0.2) is 4.98 Å². The number of anilines is 1. The number of aliphatic imine (C=N–C) groups is 1. The summed E-state index contributed by atoms with van der Waals surface area (Å²) in [5, 5.41) is 14.1. The van der Waals surface area contributed by atoms with Crippen LogP contribution in [-0.2, 0) is 38.3 Å². The molecule has 1 aliphatic heterocycles. The number of pyridine rings is 1. The highest BCUT2D eigenvalue weighted by atomic mass is 35.5.